The van der Waals surface area contributed by atoms with Crippen molar-refractivity contribution >= 4 is 11.6 Å². The predicted molar refractivity (Wildman–Crippen MR) is 75.2 cm³/mol. The third-order valence-electron chi connectivity index (χ3n) is 3.61. The van der Waals surface area contributed by atoms with Crippen LogP contribution < -0.4 is 11.1 Å². The third kappa shape index (κ3) is 2.34. The number of nitrogens with one attached hydrogen (secondary N) is 1. The molecule has 4 nitrogen and oxygen atoms in total. The highest BCUT2D eigenvalue weighted by Crippen LogP contribution is 2.22. The lowest BCUT2D eigenvalue weighted by Gasteiger charge is -2.30. The van der Waals surface area contributed by atoms with E-state index in [1.165, 1.54) is 11.1 Å². The average Bonchev–Trinajstić information content (AvgIpc) is 2.46. The van der Waals surface area contributed by atoms with E-state index in [2.05, 4.69) is 11.4 Å². The summed E-state index contributed by atoms with van der Waals surface area (Å²) in [4.78, 5) is 14.3. The van der Waals surface area contributed by atoms with Crippen molar-refractivity contribution in [3.05, 3.63) is 53.3 Å². The van der Waals surface area contributed by atoms with E-state index in [1.54, 1.807) is 0 Å². The first-order chi connectivity index (χ1) is 9.24. The van der Waals surface area contributed by atoms with Crippen LogP contribution in [0.4, 0.5) is 5.69 Å². The fourth-order valence-electron chi connectivity index (χ4n) is 2.56. The van der Waals surface area contributed by atoms with Gasteiger partial charge in [-0.3, -0.25) is 4.79 Å². The van der Waals surface area contributed by atoms with E-state index < -0.39 is 0 Å². The fourth-order valence-corrected chi connectivity index (χ4v) is 2.56. The number of nitrogen functional groups attached to an aromatic ring is 1. The van der Waals surface area contributed by atoms with Crippen molar-refractivity contribution in [1.29, 1.82) is 0 Å². The Kier molecular flexibility index (Phi) is 2.99. The molecule has 0 saturated carbocycles. The molecule has 0 radical (unpaired) electrons. The van der Waals surface area contributed by atoms with Crippen LogP contribution in [0.2, 0.25) is 0 Å². The Bertz CT molecular complexity index is 575. The second-order valence-corrected chi connectivity index (χ2v) is 4.94. The Balaban J connectivity index is 1.79. The highest BCUT2D eigenvalue weighted by molar-refractivity contribution is 5.94. The molecule has 98 valence electrons. The van der Waals surface area contributed by atoms with Gasteiger partial charge in [0.05, 0.1) is 0 Å². The maximum absolute atomic E-state index is 12.4. The number of nitrogens with two attached hydrogens (primary N) is 1. The summed E-state index contributed by atoms with van der Waals surface area (Å²) in [5, 5.41) is 3.07. The molecule has 2 heterocycles. The quantitative estimate of drug-likeness (QED) is 0.741. The molecule has 19 heavy (non-hydrogen) atoms. The topological polar surface area (TPSA) is 58.4 Å². The zero-order valence-electron chi connectivity index (χ0n) is 10.7. The lowest BCUT2D eigenvalue weighted by Crippen LogP contribution is -2.38. The number of amides is 1. The number of hydrogen-bond donors (Lipinski definition) is 2. The van der Waals surface area contributed by atoms with Crippen LogP contribution in [0.3, 0.4) is 0 Å². The molecule has 0 aliphatic carbocycles. The van der Waals surface area contributed by atoms with E-state index in [1.807, 2.05) is 35.4 Å². The highest BCUT2D eigenvalue weighted by Gasteiger charge is 2.23. The first-order valence-corrected chi connectivity index (χ1v) is 6.50. The van der Waals surface area contributed by atoms with Gasteiger partial charge in [-0.2, -0.15) is 0 Å². The predicted octanol–water partition coefficient (Wildman–Crippen LogP) is 1.20. The molecule has 0 saturated heterocycles. The molecule has 1 aromatic carbocycles. The molecule has 1 amide bonds. The molecule has 0 bridgehead atoms. The molecule has 0 unspecified atom stereocenters. The zero-order chi connectivity index (χ0) is 13.2. The van der Waals surface area contributed by atoms with Crippen LogP contribution in [-0.2, 0) is 17.8 Å². The van der Waals surface area contributed by atoms with Crippen molar-refractivity contribution < 1.29 is 4.79 Å². The van der Waals surface area contributed by atoms with Crippen molar-refractivity contribution in [3.8, 4) is 0 Å². The van der Waals surface area contributed by atoms with E-state index in [4.69, 9.17) is 5.73 Å². The number of allylic oxidation sites excluding steroid dienone is 2. The van der Waals surface area contributed by atoms with Gasteiger partial charge in [-0.15, -0.1) is 0 Å². The molecule has 3 N–H and O–H groups in total. The van der Waals surface area contributed by atoms with Gasteiger partial charge in [-0.05, 0) is 42.0 Å². The Hall–Kier alpha value is -2.23. The van der Waals surface area contributed by atoms with Crippen molar-refractivity contribution in [2.24, 2.45) is 0 Å². The van der Waals surface area contributed by atoms with Crippen molar-refractivity contribution in [2.45, 2.75) is 13.0 Å². The normalized spacial score (nSPS) is 17.5. The van der Waals surface area contributed by atoms with Crippen LogP contribution in [0.5, 0.6) is 0 Å². The number of fused-ring (bicyclic) bond motifs is 1. The molecular weight excluding hydrogens is 238 g/mol. The maximum atomic E-state index is 12.4. The van der Waals surface area contributed by atoms with Gasteiger partial charge in [-0.25, -0.2) is 0 Å². The van der Waals surface area contributed by atoms with Crippen molar-refractivity contribution in [2.75, 3.05) is 18.8 Å². The molecule has 3 rings (SSSR count). The molecule has 2 aliphatic rings. The Morgan fingerprint density at radius 1 is 1.32 bits per heavy atom. The van der Waals surface area contributed by atoms with E-state index in [0.717, 1.165) is 24.2 Å². The second-order valence-electron chi connectivity index (χ2n) is 4.94. The molecular formula is C15H17N3O. The Morgan fingerprint density at radius 2 is 2.21 bits per heavy atom. The van der Waals surface area contributed by atoms with Gasteiger partial charge in [0.2, 0.25) is 0 Å². The molecule has 0 atom stereocenters. The van der Waals surface area contributed by atoms with Crippen LogP contribution in [-0.4, -0.2) is 23.9 Å². The molecule has 0 spiro atoms. The summed E-state index contributed by atoms with van der Waals surface area (Å²) in [7, 11) is 0. The first kappa shape index (κ1) is 11.8. The van der Waals surface area contributed by atoms with Gasteiger partial charge in [0.15, 0.2) is 0 Å². The lowest BCUT2D eigenvalue weighted by molar-refractivity contribution is -0.128. The van der Waals surface area contributed by atoms with Crippen LogP contribution in [0, 0.1) is 0 Å². The summed E-state index contributed by atoms with van der Waals surface area (Å²) in [6.45, 7) is 2.03. The summed E-state index contributed by atoms with van der Waals surface area (Å²) in [6, 6.07) is 5.97. The molecule has 4 heteroatoms. The van der Waals surface area contributed by atoms with Gasteiger partial charge in [0.25, 0.3) is 5.91 Å². The minimum absolute atomic E-state index is 0.116. The fraction of sp³-hybridized carbons (Fsp3) is 0.267. The number of rotatable bonds is 1. The van der Waals surface area contributed by atoms with Gasteiger partial charge in [0, 0.05) is 30.9 Å². The van der Waals surface area contributed by atoms with E-state index in [-0.39, 0.29) is 5.91 Å². The van der Waals surface area contributed by atoms with Crippen LogP contribution >= 0.6 is 0 Å². The maximum Gasteiger partial charge on any atom is 0.251 e. The highest BCUT2D eigenvalue weighted by atomic mass is 16.2. The Labute approximate surface area is 112 Å². The van der Waals surface area contributed by atoms with Crippen LogP contribution in [0.1, 0.15) is 11.1 Å². The number of carbonyl (C=O) groups is 1. The van der Waals surface area contributed by atoms with Gasteiger partial charge >= 0.3 is 0 Å². The minimum Gasteiger partial charge on any atom is -0.399 e. The largest absolute Gasteiger partial charge is 0.399 e. The smallest absolute Gasteiger partial charge is 0.251 e. The summed E-state index contributed by atoms with van der Waals surface area (Å²) >= 11 is 0. The van der Waals surface area contributed by atoms with E-state index >= 15 is 0 Å². The van der Waals surface area contributed by atoms with Gasteiger partial charge in [0.1, 0.15) is 0 Å². The SMILES string of the molecule is Nc1ccc2c(c1)CN(C(=O)C1=CC=CNC1)CC2. The summed E-state index contributed by atoms with van der Waals surface area (Å²) in [5.74, 6) is 0.116. The first-order valence-electron chi connectivity index (χ1n) is 6.50. The number of anilines is 1. The van der Waals surface area contributed by atoms with E-state index in [9.17, 15) is 4.79 Å². The molecule has 0 fully saturated rings. The van der Waals surface area contributed by atoms with E-state index in [0.29, 0.717) is 13.1 Å². The minimum atomic E-state index is 0.116. The lowest BCUT2D eigenvalue weighted by atomic mass is 9.98. The molecule has 2 aliphatic heterocycles. The van der Waals surface area contributed by atoms with Gasteiger partial charge < -0.3 is 16.0 Å². The summed E-state index contributed by atoms with van der Waals surface area (Å²) in [5.41, 5.74) is 9.85. The summed E-state index contributed by atoms with van der Waals surface area (Å²) < 4.78 is 0. The number of nitrogens with zero attached hydrogens (tertiary/aromatic N) is 1. The Morgan fingerprint density at radius 3 is 3.00 bits per heavy atom. The molecule has 1 aromatic rings. The van der Waals surface area contributed by atoms with Crippen LogP contribution in [0.25, 0.3) is 0 Å². The number of carbonyl (C=O) groups excluding carboxylic acids is 1. The summed E-state index contributed by atoms with van der Waals surface area (Å²) in [6.07, 6.45) is 6.50. The number of dihydropyridines is 1. The van der Waals surface area contributed by atoms with Gasteiger partial charge in [-0.1, -0.05) is 12.1 Å². The molecule has 0 aromatic heterocycles. The third-order valence-corrected chi connectivity index (χ3v) is 3.61. The zero-order valence-corrected chi connectivity index (χ0v) is 10.7. The number of hydrogen-bond acceptors (Lipinski definition) is 3. The monoisotopic (exact) mass is 255 g/mol. The van der Waals surface area contributed by atoms with Crippen LogP contribution in [0.15, 0.2) is 42.1 Å². The van der Waals surface area contributed by atoms with Crippen molar-refractivity contribution in [3.63, 3.8) is 0 Å². The number of benzene rings is 1. The van der Waals surface area contributed by atoms with Crippen molar-refractivity contribution in [1.82, 2.24) is 10.2 Å². The standard InChI is InChI=1S/C15H17N3O/c16-14-4-3-11-5-7-18(10-13(11)8-14)15(19)12-2-1-6-17-9-12/h1-4,6,8,17H,5,7,9-10,16H2. The second kappa shape index (κ2) is 4.80. The average molecular weight is 255 g/mol.